The quantitative estimate of drug-likeness (QED) is 0.282. The van der Waals surface area contributed by atoms with Crippen molar-refractivity contribution >= 4 is 12.2 Å². The van der Waals surface area contributed by atoms with Crippen molar-refractivity contribution < 1.29 is 14.3 Å². The first-order valence-corrected chi connectivity index (χ1v) is 6.20. The van der Waals surface area contributed by atoms with E-state index in [0.29, 0.717) is 11.1 Å². The highest BCUT2D eigenvalue weighted by Crippen LogP contribution is 2.08. The molecule has 0 amide bonds. The Hall–Kier alpha value is -2.62. The van der Waals surface area contributed by atoms with Gasteiger partial charge in [-0.1, -0.05) is 42.5 Å². The molecular weight excluding hydrogens is 254 g/mol. The third-order valence-corrected chi connectivity index (χ3v) is 2.83. The van der Waals surface area contributed by atoms with Gasteiger partial charge in [0.05, 0.1) is 18.2 Å². The Labute approximate surface area is 117 Å². The van der Waals surface area contributed by atoms with Gasteiger partial charge in [-0.2, -0.15) is 0 Å². The smallest absolute Gasteiger partial charge is 0.338 e. The summed E-state index contributed by atoms with van der Waals surface area (Å²) in [5.41, 5.74) is 1.84. The molecule has 0 aliphatic carbocycles. The molecule has 0 atom stereocenters. The molecule has 0 N–H and O–H groups in total. The number of ether oxygens (including phenoxy) is 1. The van der Waals surface area contributed by atoms with Gasteiger partial charge in [0.1, 0.15) is 0 Å². The second kappa shape index (κ2) is 6.52. The maximum atomic E-state index is 12.0. The lowest BCUT2D eigenvalue weighted by Crippen LogP contribution is -2.10. The Bertz CT molecular complexity index is 621. The molecule has 0 spiro atoms. The average molecular weight is 269 g/mol. The predicted octanol–water partition coefficient (Wildman–Crippen LogP) is 2.60. The van der Waals surface area contributed by atoms with E-state index in [1.807, 2.05) is 30.3 Å². The third kappa shape index (κ3) is 3.45. The number of methoxy groups -OCH3 is 1. The maximum absolute atomic E-state index is 12.0. The predicted molar refractivity (Wildman–Crippen MR) is 76.7 cm³/mol. The van der Waals surface area contributed by atoms with E-state index in [2.05, 4.69) is 0 Å². The van der Waals surface area contributed by atoms with Gasteiger partial charge in [-0.15, -0.1) is 0 Å². The van der Waals surface area contributed by atoms with E-state index in [0.717, 1.165) is 10.3 Å². The van der Waals surface area contributed by atoms with Crippen molar-refractivity contribution in [2.45, 2.75) is 6.54 Å². The zero-order valence-electron chi connectivity index (χ0n) is 11.2. The summed E-state index contributed by atoms with van der Waals surface area (Å²) in [7, 11) is 1.32. The van der Waals surface area contributed by atoms with E-state index in [1.165, 1.54) is 13.3 Å². The zero-order valence-corrected chi connectivity index (χ0v) is 11.2. The Kier molecular flexibility index (Phi) is 4.50. The van der Waals surface area contributed by atoms with Gasteiger partial charge in [0, 0.05) is 5.56 Å². The monoisotopic (exact) mass is 269 g/mol. The van der Waals surface area contributed by atoms with Crippen LogP contribution in [0.25, 0.3) is 0 Å². The fourth-order valence-corrected chi connectivity index (χ4v) is 1.87. The number of hydrogen-bond acceptors (Lipinski definition) is 3. The first kappa shape index (κ1) is 13.8. The van der Waals surface area contributed by atoms with Crippen LogP contribution in [0.3, 0.4) is 0 Å². The molecule has 0 fully saturated rings. The summed E-state index contributed by atoms with van der Waals surface area (Å²) in [6.45, 7) is 0.232. The van der Waals surface area contributed by atoms with E-state index in [-0.39, 0.29) is 6.54 Å². The van der Waals surface area contributed by atoms with Crippen molar-refractivity contribution in [1.29, 1.82) is 0 Å². The molecule has 2 rings (SSSR count). The molecule has 0 radical (unpaired) electrons. The van der Waals surface area contributed by atoms with Crippen LogP contribution in [0.4, 0.5) is 0 Å². The van der Waals surface area contributed by atoms with Gasteiger partial charge in [-0.05, 0) is 12.1 Å². The second-order valence-electron chi connectivity index (χ2n) is 4.27. The molecule has 0 aromatic heterocycles. The summed E-state index contributed by atoms with van der Waals surface area (Å²) < 4.78 is 5.50. The van der Waals surface area contributed by atoms with Gasteiger partial charge in [0.25, 0.3) is 0 Å². The molecule has 0 aliphatic rings. The van der Waals surface area contributed by atoms with E-state index in [9.17, 15) is 10.0 Å². The Morgan fingerprint density at radius 2 is 1.80 bits per heavy atom. The van der Waals surface area contributed by atoms with Crippen molar-refractivity contribution in [3.63, 3.8) is 0 Å². The highest BCUT2D eigenvalue weighted by Gasteiger charge is 2.11. The molecule has 0 unspecified atom stereocenters. The SMILES string of the molecule is COC(=O)c1ccccc1C=[N+]([O-])Cc1ccccc1. The minimum absolute atomic E-state index is 0.232. The van der Waals surface area contributed by atoms with Gasteiger partial charge >= 0.3 is 5.97 Å². The fraction of sp³-hybridized carbons (Fsp3) is 0.125. The number of carbonyl (C=O) groups is 1. The Morgan fingerprint density at radius 3 is 2.50 bits per heavy atom. The fourth-order valence-electron chi connectivity index (χ4n) is 1.87. The van der Waals surface area contributed by atoms with E-state index in [1.54, 1.807) is 24.3 Å². The molecule has 4 heteroatoms. The summed E-state index contributed by atoms with van der Waals surface area (Å²) in [5, 5.41) is 12.0. The maximum Gasteiger partial charge on any atom is 0.338 e. The van der Waals surface area contributed by atoms with E-state index >= 15 is 0 Å². The van der Waals surface area contributed by atoms with Crippen molar-refractivity contribution in [2.24, 2.45) is 0 Å². The number of hydrogen-bond donors (Lipinski definition) is 0. The molecule has 0 saturated carbocycles. The largest absolute Gasteiger partial charge is 0.624 e. The summed E-state index contributed by atoms with van der Waals surface area (Å²) in [6, 6.07) is 16.3. The van der Waals surface area contributed by atoms with Gasteiger partial charge in [-0.25, -0.2) is 9.53 Å². The van der Waals surface area contributed by atoms with Crippen LogP contribution in [0.1, 0.15) is 21.5 Å². The number of rotatable bonds is 4. The van der Waals surface area contributed by atoms with E-state index < -0.39 is 5.97 Å². The highest BCUT2D eigenvalue weighted by atomic mass is 16.5. The molecule has 0 saturated heterocycles. The number of hydroxylamine groups is 1. The lowest BCUT2D eigenvalue weighted by Gasteiger charge is -2.06. The number of benzene rings is 2. The normalized spacial score (nSPS) is 11.2. The van der Waals surface area contributed by atoms with Gasteiger partial charge < -0.3 is 9.94 Å². The van der Waals surface area contributed by atoms with Crippen LogP contribution in [-0.2, 0) is 11.3 Å². The molecule has 20 heavy (non-hydrogen) atoms. The van der Waals surface area contributed by atoms with Crippen LogP contribution < -0.4 is 0 Å². The lowest BCUT2D eigenvalue weighted by molar-refractivity contribution is -0.469. The Balaban J connectivity index is 2.24. The standard InChI is InChI=1S/C16H15NO3/c1-20-16(18)15-10-6-5-9-14(15)12-17(19)11-13-7-3-2-4-8-13/h2-10,12H,11H2,1H3. The third-order valence-electron chi connectivity index (χ3n) is 2.83. The minimum Gasteiger partial charge on any atom is -0.624 e. The topological polar surface area (TPSA) is 52.4 Å². The van der Waals surface area contributed by atoms with Crippen molar-refractivity contribution in [2.75, 3.05) is 7.11 Å². The number of nitrogens with zero attached hydrogens (tertiary/aromatic N) is 1. The zero-order chi connectivity index (χ0) is 14.4. The second-order valence-corrected chi connectivity index (χ2v) is 4.27. The number of carbonyl (C=O) groups excluding carboxylic acids is 1. The molecule has 2 aromatic carbocycles. The number of esters is 1. The van der Waals surface area contributed by atoms with Crippen molar-refractivity contribution in [1.82, 2.24) is 0 Å². The Morgan fingerprint density at radius 1 is 1.15 bits per heavy atom. The molecule has 102 valence electrons. The first-order chi connectivity index (χ1) is 9.70. The van der Waals surface area contributed by atoms with Gasteiger partial charge in [0.2, 0.25) is 0 Å². The van der Waals surface area contributed by atoms with Crippen LogP contribution in [-0.4, -0.2) is 24.0 Å². The average Bonchev–Trinajstić information content (AvgIpc) is 2.48. The van der Waals surface area contributed by atoms with Crippen LogP contribution >= 0.6 is 0 Å². The summed E-state index contributed by atoms with van der Waals surface area (Å²) in [5.74, 6) is -0.454. The summed E-state index contributed by atoms with van der Waals surface area (Å²) >= 11 is 0. The van der Waals surface area contributed by atoms with Gasteiger partial charge in [0.15, 0.2) is 12.8 Å². The molecule has 0 heterocycles. The lowest BCUT2D eigenvalue weighted by atomic mass is 10.1. The molecule has 0 aliphatic heterocycles. The van der Waals surface area contributed by atoms with Gasteiger partial charge in [-0.3, -0.25) is 0 Å². The van der Waals surface area contributed by atoms with Crippen LogP contribution in [0, 0.1) is 5.21 Å². The van der Waals surface area contributed by atoms with Crippen molar-refractivity contribution in [3.05, 3.63) is 76.5 Å². The molecule has 4 nitrogen and oxygen atoms in total. The highest BCUT2D eigenvalue weighted by molar-refractivity contribution is 5.98. The molecule has 0 bridgehead atoms. The van der Waals surface area contributed by atoms with Crippen LogP contribution in [0.15, 0.2) is 54.6 Å². The molecular formula is C16H15NO3. The minimum atomic E-state index is -0.454. The van der Waals surface area contributed by atoms with Crippen LogP contribution in [0.5, 0.6) is 0 Å². The van der Waals surface area contributed by atoms with E-state index in [4.69, 9.17) is 4.74 Å². The molecule has 2 aromatic rings. The summed E-state index contributed by atoms with van der Waals surface area (Å²) in [6.07, 6.45) is 1.40. The van der Waals surface area contributed by atoms with Crippen LogP contribution in [0.2, 0.25) is 0 Å². The van der Waals surface area contributed by atoms with Crippen molar-refractivity contribution in [3.8, 4) is 0 Å². The summed E-state index contributed by atoms with van der Waals surface area (Å²) in [4.78, 5) is 11.6. The first-order valence-electron chi connectivity index (χ1n) is 6.20.